The van der Waals surface area contributed by atoms with Crippen molar-refractivity contribution in [2.75, 3.05) is 7.11 Å². The summed E-state index contributed by atoms with van der Waals surface area (Å²) in [4.78, 5) is 32.3. The first-order chi connectivity index (χ1) is 17.4. The molecule has 3 aromatic carbocycles. The van der Waals surface area contributed by atoms with Crippen molar-refractivity contribution in [3.05, 3.63) is 109 Å². The van der Waals surface area contributed by atoms with E-state index in [0.717, 1.165) is 21.9 Å². The molecule has 36 heavy (non-hydrogen) atoms. The predicted molar refractivity (Wildman–Crippen MR) is 142 cm³/mol. The molecule has 0 bridgehead atoms. The van der Waals surface area contributed by atoms with Gasteiger partial charge in [-0.3, -0.25) is 9.36 Å². The maximum Gasteiger partial charge on any atom is 0.338 e. The van der Waals surface area contributed by atoms with E-state index in [1.807, 2.05) is 72.8 Å². The van der Waals surface area contributed by atoms with E-state index in [4.69, 9.17) is 9.47 Å². The summed E-state index contributed by atoms with van der Waals surface area (Å²) in [5, 5.41) is 2.17. The molecule has 1 aromatic heterocycles. The van der Waals surface area contributed by atoms with Gasteiger partial charge in [-0.2, -0.15) is 0 Å². The highest BCUT2D eigenvalue weighted by atomic mass is 32.1. The van der Waals surface area contributed by atoms with Crippen LogP contribution < -0.4 is 19.6 Å². The molecule has 6 nitrogen and oxygen atoms in total. The Morgan fingerprint density at radius 3 is 2.50 bits per heavy atom. The number of rotatable bonds is 5. The number of carbonyl (C=O) groups excluding carboxylic acids is 1. The van der Waals surface area contributed by atoms with Gasteiger partial charge in [-0.1, -0.05) is 65.9 Å². The predicted octanol–water partition coefficient (Wildman–Crippen LogP) is 4.35. The van der Waals surface area contributed by atoms with Crippen LogP contribution >= 0.6 is 11.3 Å². The number of fused-ring (bicyclic) bond motifs is 2. The first kappa shape index (κ1) is 23.8. The first-order valence-electron chi connectivity index (χ1n) is 11.7. The fourth-order valence-corrected chi connectivity index (χ4v) is 5.52. The van der Waals surface area contributed by atoms with Gasteiger partial charge in [0.25, 0.3) is 5.56 Å². The Kier molecular flexibility index (Phi) is 6.33. The Balaban J connectivity index is 1.73. The van der Waals surface area contributed by atoms with Gasteiger partial charge in [0.05, 0.1) is 35.1 Å². The summed E-state index contributed by atoms with van der Waals surface area (Å²) in [6.45, 7) is 5.39. The van der Waals surface area contributed by atoms with E-state index in [9.17, 15) is 9.59 Å². The molecule has 7 heteroatoms. The minimum atomic E-state index is -0.659. The minimum absolute atomic E-state index is 0.199. The second kappa shape index (κ2) is 9.59. The molecule has 1 aliphatic rings. The van der Waals surface area contributed by atoms with Crippen LogP contribution in [0.3, 0.4) is 0 Å². The summed E-state index contributed by atoms with van der Waals surface area (Å²) < 4.78 is 13.0. The quantitative estimate of drug-likeness (QED) is 0.384. The normalized spacial score (nSPS) is 15.7. The van der Waals surface area contributed by atoms with E-state index in [2.05, 4.69) is 4.99 Å². The van der Waals surface area contributed by atoms with Gasteiger partial charge >= 0.3 is 5.97 Å². The fourth-order valence-electron chi connectivity index (χ4n) is 4.48. The molecule has 0 fully saturated rings. The molecule has 0 spiro atoms. The van der Waals surface area contributed by atoms with Crippen LogP contribution in [0.25, 0.3) is 16.8 Å². The van der Waals surface area contributed by atoms with E-state index >= 15 is 0 Å². The monoisotopic (exact) mass is 498 g/mol. The smallest absolute Gasteiger partial charge is 0.338 e. The number of thiazole rings is 1. The number of allylic oxidation sites excluding steroid dienone is 1. The summed E-state index contributed by atoms with van der Waals surface area (Å²) >= 11 is 1.32. The molecule has 0 unspecified atom stereocenters. The van der Waals surface area contributed by atoms with E-state index in [-0.39, 0.29) is 11.7 Å². The summed E-state index contributed by atoms with van der Waals surface area (Å²) in [6.07, 6.45) is 1.60. The van der Waals surface area contributed by atoms with Crippen molar-refractivity contribution in [2.45, 2.75) is 32.9 Å². The lowest BCUT2D eigenvalue weighted by Gasteiger charge is -2.25. The van der Waals surface area contributed by atoms with E-state index < -0.39 is 12.0 Å². The number of carbonyl (C=O) groups is 1. The van der Waals surface area contributed by atoms with E-state index in [0.29, 0.717) is 26.4 Å². The lowest BCUT2D eigenvalue weighted by molar-refractivity contribution is -0.143. The molecule has 2 heterocycles. The Hall–Kier alpha value is -3.97. The van der Waals surface area contributed by atoms with Crippen molar-refractivity contribution in [3.63, 3.8) is 0 Å². The van der Waals surface area contributed by atoms with Crippen LogP contribution in [0.5, 0.6) is 5.75 Å². The zero-order chi connectivity index (χ0) is 25.4. The minimum Gasteiger partial charge on any atom is -0.497 e. The van der Waals surface area contributed by atoms with Crippen LogP contribution in [0.1, 0.15) is 37.9 Å². The molecule has 1 atom stereocenters. The Morgan fingerprint density at radius 1 is 1.06 bits per heavy atom. The number of ether oxygens (including phenoxy) is 2. The highest BCUT2D eigenvalue weighted by molar-refractivity contribution is 7.07. The third-order valence-electron chi connectivity index (χ3n) is 6.13. The molecule has 0 saturated carbocycles. The molecule has 0 aliphatic carbocycles. The molecule has 1 aliphatic heterocycles. The molecule has 4 aromatic rings. The van der Waals surface area contributed by atoms with Crippen molar-refractivity contribution in [1.29, 1.82) is 0 Å². The number of nitrogens with zero attached hydrogens (tertiary/aromatic N) is 2. The van der Waals surface area contributed by atoms with Crippen molar-refractivity contribution in [1.82, 2.24) is 4.57 Å². The molecular formula is C29H26N2O4S. The Bertz CT molecular complexity index is 1670. The number of methoxy groups -OCH3 is 1. The third-order valence-corrected chi connectivity index (χ3v) is 7.11. The Labute approximate surface area is 212 Å². The lowest BCUT2D eigenvalue weighted by atomic mass is 9.96. The maximum absolute atomic E-state index is 13.8. The number of aromatic nitrogens is 1. The van der Waals surface area contributed by atoms with Gasteiger partial charge < -0.3 is 9.47 Å². The topological polar surface area (TPSA) is 69.9 Å². The van der Waals surface area contributed by atoms with Gasteiger partial charge in [0.15, 0.2) is 4.80 Å². The number of esters is 1. The third kappa shape index (κ3) is 4.27. The van der Waals surface area contributed by atoms with Crippen LogP contribution in [0.4, 0.5) is 0 Å². The fraction of sp³-hybridized carbons (Fsp3) is 0.207. The molecule has 0 amide bonds. The van der Waals surface area contributed by atoms with Gasteiger partial charge in [0.2, 0.25) is 0 Å². The summed E-state index contributed by atoms with van der Waals surface area (Å²) in [6, 6.07) is 20.8. The average molecular weight is 499 g/mol. The highest BCUT2D eigenvalue weighted by Crippen LogP contribution is 2.32. The summed E-state index contributed by atoms with van der Waals surface area (Å²) in [5.74, 6) is 0.213. The second-order valence-corrected chi connectivity index (χ2v) is 9.89. The van der Waals surface area contributed by atoms with Crippen molar-refractivity contribution < 1.29 is 14.3 Å². The van der Waals surface area contributed by atoms with Crippen LogP contribution in [0.2, 0.25) is 0 Å². The zero-order valence-electron chi connectivity index (χ0n) is 20.5. The van der Waals surface area contributed by atoms with Crippen molar-refractivity contribution in [3.8, 4) is 5.75 Å². The largest absolute Gasteiger partial charge is 0.497 e. The molecular weight excluding hydrogens is 472 g/mol. The zero-order valence-corrected chi connectivity index (χ0v) is 21.3. The van der Waals surface area contributed by atoms with E-state index in [1.54, 1.807) is 32.4 Å². The maximum atomic E-state index is 13.8. The summed E-state index contributed by atoms with van der Waals surface area (Å²) in [7, 11) is 1.60. The molecule has 5 rings (SSSR count). The highest BCUT2D eigenvalue weighted by Gasteiger charge is 2.33. The Morgan fingerprint density at radius 2 is 1.78 bits per heavy atom. The van der Waals surface area contributed by atoms with Gasteiger partial charge in [-0.25, -0.2) is 9.79 Å². The first-order valence-corrected chi connectivity index (χ1v) is 12.5. The molecule has 182 valence electrons. The van der Waals surface area contributed by atoms with E-state index in [1.165, 1.54) is 11.3 Å². The number of hydrogen-bond acceptors (Lipinski definition) is 6. The molecule has 0 N–H and O–H groups in total. The summed E-state index contributed by atoms with van der Waals surface area (Å²) in [5.41, 5.74) is 2.43. The molecule has 0 saturated heterocycles. The van der Waals surface area contributed by atoms with Crippen LogP contribution in [-0.2, 0) is 9.53 Å². The lowest BCUT2D eigenvalue weighted by Crippen LogP contribution is -2.40. The van der Waals surface area contributed by atoms with Gasteiger partial charge in [-0.05, 0) is 60.9 Å². The number of hydrogen-bond donors (Lipinski definition) is 0. The van der Waals surface area contributed by atoms with Gasteiger partial charge in [0.1, 0.15) is 5.75 Å². The van der Waals surface area contributed by atoms with Gasteiger partial charge in [0, 0.05) is 0 Å². The molecule has 0 radical (unpaired) electrons. The second-order valence-electron chi connectivity index (χ2n) is 8.88. The number of benzene rings is 3. The average Bonchev–Trinajstić information content (AvgIpc) is 3.17. The van der Waals surface area contributed by atoms with Crippen LogP contribution in [0, 0.1) is 0 Å². The SMILES string of the molecule is COc1ccc([C@H]2C(C(=O)OC(C)C)=C(C)N=c3s/c(=C/c4cccc5ccccc45)c(=O)n32)cc1. The standard InChI is InChI=1S/C29H26N2O4S/c1-17(2)35-28(33)25-18(3)30-29-31(26(25)20-12-14-22(34-4)15-13-20)27(32)24(36-29)16-21-10-7-9-19-8-5-6-11-23(19)21/h5-17,26H,1-4H3/b24-16+/t26-/m0/s1. The van der Waals surface area contributed by atoms with Crippen molar-refractivity contribution in [2.24, 2.45) is 4.99 Å². The van der Waals surface area contributed by atoms with Crippen LogP contribution in [0.15, 0.2) is 87.8 Å². The van der Waals surface area contributed by atoms with Crippen molar-refractivity contribution >= 4 is 34.2 Å². The van der Waals surface area contributed by atoms with Gasteiger partial charge in [-0.15, -0.1) is 0 Å². The van der Waals surface area contributed by atoms with Crippen LogP contribution in [-0.4, -0.2) is 23.8 Å².